The van der Waals surface area contributed by atoms with Crippen molar-refractivity contribution in [1.82, 2.24) is 4.98 Å². The summed E-state index contributed by atoms with van der Waals surface area (Å²) in [5, 5.41) is 3.68. The van der Waals surface area contributed by atoms with E-state index in [1.54, 1.807) is 12.3 Å². The number of amides is 1. The zero-order valence-corrected chi connectivity index (χ0v) is 14.3. The molecule has 1 aromatic heterocycles. The average molecular weight is 409 g/mol. The average Bonchev–Trinajstić information content (AvgIpc) is 3.00. The van der Waals surface area contributed by atoms with Gasteiger partial charge in [-0.1, -0.05) is 22.0 Å². The number of aromatic amines is 1. The van der Waals surface area contributed by atoms with Crippen LogP contribution in [-0.2, 0) is 11.0 Å². The van der Waals surface area contributed by atoms with Gasteiger partial charge in [0.15, 0.2) is 0 Å². The van der Waals surface area contributed by atoms with Crippen LogP contribution in [0.1, 0.15) is 11.1 Å². The molecular formula is C18H12BrF3N2O. The summed E-state index contributed by atoms with van der Waals surface area (Å²) in [7, 11) is 0. The van der Waals surface area contributed by atoms with Crippen molar-refractivity contribution in [3.05, 3.63) is 70.3 Å². The summed E-state index contributed by atoms with van der Waals surface area (Å²) in [5.74, 6) is -0.373. The van der Waals surface area contributed by atoms with E-state index >= 15 is 0 Å². The number of carbonyl (C=O) groups is 1. The number of carbonyl (C=O) groups excluding carboxylic acids is 1. The van der Waals surface area contributed by atoms with Crippen molar-refractivity contribution in [3.63, 3.8) is 0 Å². The third-order valence-corrected chi connectivity index (χ3v) is 4.25. The first-order valence-electron chi connectivity index (χ1n) is 7.26. The number of aromatic nitrogens is 1. The monoisotopic (exact) mass is 408 g/mol. The van der Waals surface area contributed by atoms with Gasteiger partial charge in [0.2, 0.25) is 5.91 Å². The number of anilines is 1. The molecule has 1 amide bonds. The number of hydrogen-bond donors (Lipinski definition) is 2. The maximum atomic E-state index is 12.6. The van der Waals surface area contributed by atoms with Crippen LogP contribution in [-0.4, -0.2) is 10.9 Å². The number of fused-ring (bicyclic) bond motifs is 1. The quantitative estimate of drug-likeness (QED) is 0.544. The molecule has 128 valence electrons. The second-order valence-corrected chi connectivity index (χ2v) is 6.19. The largest absolute Gasteiger partial charge is 0.416 e. The third-order valence-electron chi connectivity index (χ3n) is 3.56. The van der Waals surface area contributed by atoms with Crippen molar-refractivity contribution in [1.29, 1.82) is 0 Å². The minimum atomic E-state index is -4.40. The van der Waals surface area contributed by atoms with E-state index < -0.39 is 11.7 Å². The normalized spacial score (nSPS) is 12.0. The summed E-state index contributed by atoms with van der Waals surface area (Å²) < 4.78 is 38.2. The number of benzene rings is 2. The number of H-pyrrole nitrogens is 1. The van der Waals surface area contributed by atoms with Crippen LogP contribution in [0.25, 0.3) is 17.0 Å². The Morgan fingerprint density at radius 3 is 2.64 bits per heavy atom. The van der Waals surface area contributed by atoms with Crippen molar-refractivity contribution in [2.24, 2.45) is 0 Å². The molecule has 3 rings (SSSR count). The third kappa shape index (κ3) is 4.11. The zero-order chi connectivity index (χ0) is 18.0. The molecule has 0 aliphatic rings. The van der Waals surface area contributed by atoms with Crippen LogP contribution in [0.15, 0.2) is 59.2 Å². The Bertz CT molecular complexity index is 960. The topological polar surface area (TPSA) is 44.9 Å². The van der Waals surface area contributed by atoms with Crippen LogP contribution in [0.2, 0.25) is 0 Å². The smallest absolute Gasteiger partial charge is 0.361 e. The van der Waals surface area contributed by atoms with Gasteiger partial charge in [-0.25, -0.2) is 0 Å². The Labute approximate surface area is 149 Å². The molecule has 0 radical (unpaired) electrons. The zero-order valence-electron chi connectivity index (χ0n) is 12.7. The van der Waals surface area contributed by atoms with E-state index in [1.807, 2.05) is 18.2 Å². The first kappa shape index (κ1) is 17.3. The van der Waals surface area contributed by atoms with Crippen LogP contribution < -0.4 is 5.32 Å². The molecule has 0 spiro atoms. The summed E-state index contributed by atoms with van der Waals surface area (Å²) in [4.78, 5) is 15.1. The van der Waals surface area contributed by atoms with E-state index in [1.165, 1.54) is 18.2 Å². The van der Waals surface area contributed by atoms with Gasteiger partial charge in [-0.05, 0) is 48.0 Å². The van der Waals surface area contributed by atoms with E-state index in [9.17, 15) is 18.0 Å². The van der Waals surface area contributed by atoms with Crippen molar-refractivity contribution in [2.45, 2.75) is 6.18 Å². The Morgan fingerprint density at radius 1 is 1.12 bits per heavy atom. The fourth-order valence-electron chi connectivity index (χ4n) is 2.32. The molecule has 3 aromatic rings. The van der Waals surface area contributed by atoms with E-state index in [-0.39, 0.29) is 10.4 Å². The Balaban J connectivity index is 1.71. The molecule has 0 aliphatic heterocycles. The lowest BCUT2D eigenvalue weighted by Gasteiger charge is -2.08. The number of nitrogens with one attached hydrogen (secondary N) is 2. The Morgan fingerprint density at radius 2 is 1.92 bits per heavy atom. The van der Waals surface area contributed by atoms with Gasteiger partial charge in [-0.2, -0.15) is 13.2 Å². The number of rotatable bonds is 3. The molecule has 2 N–H and O–H groups in total. The molecule has 1 heterocycles. The summed E-state index contributed by atoms with van der Waals surface area (Å²) in [6.45, 7) is 0. The molecule has 3 nitrogen and oxygen atoms in total. The lowest BCUT2D eigenvalue weighted by molar-refractivity contribution is -0.137. The molecule has 0 unspecified atom stereocenters. The first-order valence-corrected chi connectivity index (χ1v) is 8.05. The van der Waals surface area contributed by atoms with E-state index in [4.69, 9.17) is 0 Å². The standard InChI is InChI=1S/C18H12BrF3N2O/c19-15-10-13(18(20,21)22)3-1-11(15)2-6-17(25)24-14-4-5-16-12(9-14)7-8-23-16/h1-10,23H,(H,24,25). The van der Waals surface area contributed by atoms with Crippen molar-refractivity contribution in [2.75, 3.05) is 5.32 Å². The minimum absolute atomic E-state index is 0.264. The number of alkyl halides is 3. The molecule has 25 heavy (non-hydrogen) atoms. The lowest BCUT2D eigenvalue weighted by atomic mass is 10.1. The summed E-state index contributed by atoms with van der Waals surface area (Å²) in [6, 6.07) is 10.6. The SMILES string of the molecule is O=C(C=Cc1ccc(C(F)(F)F)cc1Br)Nc1ccc2[nH]ccc2c1. The van der Waals surface area contributed by atoms with E-state index in [0.29, 0.717) is 11.3 Å². The molecule has 0 bridgehead atoms. The maximum Gasteiger partial charge on any atom is 0.416 e. The molecule has 0 atom stereocenters. The highest BCUT2D eigenvalue weighted by molar-refractivity contribution is 9.10. The highest BCUT2D eigenvalue weighted by Crippen LogP contribution is 2.32. The molecule has 7 heteroatoms. The molecule has 0 fully saturated rings. The summed E-state index contributed by atoms with van der Waals surface area (Å²) in [6.07, 6.45) is 0.125. The van der Waals surface area contributed by atoms with Gasteiger partial charge >= 0.3 is 6.18 Å². The second kappa shape index (κ2) is 6.76. The number of halogens is 4. The van der Waals surface area contributed by atoms with Gasteiger partial charge in [0.25, 0.3) is 0 Å². The van der Waals surface area contributed by atoms with Gasteiger partial charge in [-0.3, -0.25) is 4.79 Å². The molecule has 0 saturated carbocycles. The van der Waals surface area contributed by atoms with Crippen LogP contribution in [0.3, 0.4) is 0 Å². The van der Waals surface area contributed by atoms with Gasteiger partial charge in [-0.15, -0.1) is 0 Å². The molecule has 0 saturated heterocycles. The summed E-state index contributed by atoms with van der Waals surface area (Å²) >= 11 is 3.09. The van der Waals surface area contributed by atoms with E-state index in [2.05, 4.69) is 26.2 Å². The highest BCUT2D eigenvalue weighted by atomic mass is 79.9. The van der Waals surface area contributed by atoms with Gasteiger partial charge in [0.1, 0.15) is 0 Å². The first-order chi connectivity index (χ1) is 11.8. The summed E-state index contributed by atoms with van der Waals surface area (Å²) in [5.41, 5.74) is 1.32. The van der Waals surface area contributed by atoms with Crippen LogP contribution in [0.4, 0.5) is 18.9 Å². The molecular weight excluding hydrogens is 397 g/mol. The van der Waals surface area contributed by atoms with Crippen LogP contribution in [0.5, 0.6) is 0 Å². The fourth-order valence-corrected chi connectivity index (χ4v) is 2.83. The molecule has 0 aliphatic carbocycles. The minimum Gasteiger partial charge on any atom is -0.361 e. The van der Waals surface area contributed by atoms with Crippen LogP contribution >= 0.6 is 15.9 Å². The Hall–Kier alpha value is -2.54. The lowest BCUT2D eigenvalue weighted by Crippen LogP contribution is -2.07. The van der Waals surface area contributed by atoms with Gasteiger partial charge in [0, 0.05) is 33.3 Å². The predicted octanol–water partition coefficient (Wildman–Crippen LogP) is 5.60. The van der Waals surface area contributed by atoms with Gasteiger partial charge < -0.3 is 10.3 Å². The predicted molar refractivity (Wildman–Crippen MR) is 95.1 cm³/mol. The van der Waals surface area contributed by atoms with E-state index in [0.717, 1.165) is 23.0 Å². The van der Waals surface area contributed by atoms with Crippen molar-refractivity contribution in [3.8, 4) is 0 Å². The second-order valence-electron chi connectivity index (χ2n) is 5.34. The maximum absolute atomic E-state index is 12.6. The van der Waals surface area contributed by atoms with Gasteiger partial charge in [0.05, 0.1) is 5.56 Å². The van der Waals surface area contributed by atoms with Crippen molar-refractivity contribution < 1.29 is 18.0 Å². The highest BCUT2D eigenvalue weighted by Gasteiger charge is 2.30. The van der Waals surface area contributed by atoms with Crippen LogP contribution in [0, 0.1) is 0 Å². The number of hydrogen-bond acceptors (Lipinski definition) is 1. The fraction of sp³-hybridized carbons (Fsp3) is 0.0556. The molecule has 2 aromatic carbocycles. The van der Waals surface area contributed by atoms with Crippen molar-refractivity contribution >= 4 is 44.5 Å². The Kier molecular flexibility index (Phi) is 4.67.